The molecule has 1 saturated heterocycles. The van der Waals surface area contributed by atoms with Gasteiger partial charge in [0.25, 0.3) is 0 Å². The Hall–Kier alpha value is -0.570. The van der Waals surface area contributed by atoms with E-state index in [1.165, 1.54) is 6.42 Å². The lowest BCUT2D eigenvalue weighted by atomic mass is 9.74. The van der Waals surface area contributed by atoms with Crippen molar-refractivity contribution >= 4 is 5.97 Å². The molecular weight excluding hydrogens is 226 g/mol. The second-order valence-corrected chi connectivity index (χ2v) is 7.27. The highest BCUT2D eigenvalue weighted by molar-refractivity contribution is 5.70. The third kappa shape index (κ3) is 3.05. The molecule has 0 aromatic heterocycles. The first-order chi connectivity index (χ1) is 8.38. The second kappa shape index (κ2) is 5.20. The van der Waals surface area contributed by atoms with Crippen LogP contribution in [0.3, 0.4) is 0 Å². The van der Waals surface area contributed by atoms with Crippen LogP contribution < -0.4 is 0 Å². The van der Waals surface area contributed by atoms with Crippen LogP contribution in [0.5, 0.6) is 0 Å². The zero-order chi connectivity index (χ0) is 13.3. The minimum atomic E-state index is -0.576. The molecule has 1 aliphatic heterocycles. The number of carbonyl (C=O) groups is 1. The van der Waals surface area contributed by atoms with Crippen molar-refractivity contribution in [2.24, 2.45) is 23.2 Å². The predicted octanol–water partition coefficient (Wildman–Crippen LogP) is 2.86. The van der Waals surface area contributed by atoms with Crippen LogP contribution in [0.4, 0.5) is 0 Å². The molecule has 3 nitrogen and oxygen atoms in total. The van der Waals surface area contributed by atoms with E-state index in [0.29, 0.717) is 11.3 Å². The number of likely N-dealkylation sites (tertiary alicyclic amines) is 1. The quantitative estimate of drug-likeness (QED) is 0.841. The first-order valence-corrected chi connectivity index (χ1v) is 7.33. The minimum absolute atomic E-state index is 0.0903. The van der Waals surface area contributed by atoms with E-state index >= 15 is 0 Å². The van der Waals surface area contributed by atoms with Crippen molar-refractivity contribution in [3.8, 4) is 0 Å². The average molecular weight is 253 g/mol. The first-order valence-electron chi connectivity index (χ1n) is 7.33. The van der Waals surface area contributed by atoms with Crippen molar-refractivity contribution in [1.82, 2.24) is 4.90 Å². The van der Waals surface area contributed by atoms with Crippen molar-refractivity contribution in [3.63, 3.8) is 0 Å². The molecule has 0 bridgehead atoms. The zero-order valence-corrected chi connectivity index (χ0v) is 12.0. The van der Waals surface area contributed by atoms with Gasteiger partial charge in [-0.25, -0.2) is 0 Å². The Morgan fingerprint density at radius 1 is 1.22 bits per heavy atom. The number of carboxylic acids is 1. The van der Waals surface area contributed by atoms with Crippen LogP contribution in [-0.4, -0.2) is 35.6 Å². The Bertz CT molecular complexity index is 302. The van der Waals surface area contributed by atoms with Crippen LogP contribution in [0, 0.1) is 23.2 Å². The summed E-state index contributed by atoms with van der Waals surface area (Å²) in [4.78, 5) is 13.7. The Morgan fingerprint density at radius 3 is 2.39 bits per heavy atom. The summed E-state index contributed by atoms with van der Waals surface area (Å²) in [5.74, 6) is 0.501. The fourth-order valence-corrected chi connectivity index (χ4v) is 3.35. The van der Waals surface area contributed by atoms with Crippen LogP contribution in [0.1, 0.15) is 46.5 Å². The van der Waals surface area contributed by atoms with Crippen molar-refractivity contribution in [1.29, 1.82) is 0 Å². The first kappa shape index (κ1) is 13.9. The molecule has 2 rings (SSSR count). The summed E-state index contributed by atoms with van der Waals surface area (Å²) in [6, 6.07) is 0. The van der Waals surface area contributed by atoms with Gasteiger partial charge >= 0.3 is 5.97 Å². The van der Waals surface area contributed by atoms with Gasteiger partial charge < -0.3 is 10.0 Å². The molecular formula is C15H27NO2. The van der Waals surface area contributed by atoms with Crippen molar-refractivity contribution < 1.29 is 9.90 Å². The van der Waals surface area contributed by atoms with Gasteiger partial charge in [0.05, 0.1) is 5.92 Å². The minimum Gasteiger partial charge on any atom is -0.481 e. The van der Waals surface area contributed by atoms with Crippen LogP contribution in [-0.2, 0) is 4.79 Å². The number of aliphatic carboxylic acids is 1. The van der Waals surface area contributed by atoms with Crippen molar-refractivity contribution in [2.45, 2.75) is 46.5 Å². The number of hydrogen-bond donors (Lipinski definition) is 1. The molecule has 2 unspecified atom stereocenters. The van der Waals surface area contributed by atoms with Crippen LogP contribution in [0.25, 0.3) is 0 Å². The normalized spacial score (nSPS) is 31.1. The summed E-state index contributed by atoms with van der Waals surface area (Å²) in [5.41, 5.74) is 0.398. The number of rotatable bonds is 3. The Labute approximate surface area is 111 Å². The summed E-state index contributed by atoms with van der Waals surface area (Å²) < 4.78 is 0. The van der Waals surface area contributed by atoms with Gasteiger partial charge in [-0.15, -0.1) is 0 Å². The monoisotopic (exact) mass is 253 g/mol. The maximum atomic E-state index is 11.3. The third-order valence-corrected chi connectivity index (χ3v) is 4.90. The highest BCUT2D eigenvalue weighted by atomic mass is 16.4. The van der Waals surface area contributed by atoms with E-state index in [2.05, 4.69) is 25.7 Å². The Morgan fingerprint density at radius 2 is 1.83 bits per heavy atom. The van der Waals surface area contributed by atoms with E-state index in [1.807, 2.05) is 0 Å². The fraction of sp³-hybridized carbons (Fsp3) is 0.933. The number of hydrogen-bond acceptors (Lipinski definition) is 2. The molecule has 104 valence electrons. The lowest BCUT2D eigenvalue weighted by Crippen LogP contribution is -2.54. The average Bonchev–Trinajstić information content (AvgIpc) is 2.21. The SMILES string of the molecule is CC(C)(C)C1CN(CC2CCCCC2C(=O)O)C1. The van der Waals surface area contributed by atoms with Gasteiger partial charge in [-0.3, -0.25) is 4.79 Å². The van der Waals surface area contributed by atoms with Gasteiger partial charge in [0.1, 0.15) is 0 Å². The van der Waals surface area contributed by atoms with Crippen LogP contribution in [0.15, 0.2) is 0 Å². The highest BCUT2D eigenvalue weighted by Crippen LogP contribution is 2.37. The van der Waals surface area contributed by atoms with Gasteiger partial charge in [-0.2, -0.15) is 0 Å². The molecule has 2 atom stereocenters. The standard InChI is InChI=1S/C15H27NO2/c1-15(2,3)12-9-16(10-12)8-11-6-4-5-7-13(11)14(17)18/h11-13H,4-10H2,1-3H3,(H,17,18). The Kier molecular flexibility index (Phi) is 4.00. The largest absolute Gasteiger partial charge is 0.481 e. The molecule has 2 fully saturated rings. The second-order valence-electron chi connectivity index (χ2n) is 7.27. The maximum Gasteiger partial charge on any atom is 0.306 e. The maximum absolute atomic E-state index is 11.3. The summed E-state index contributed by atoms with van der Waals surface area (Å²) >= 11 is 0. The van der Waals surface area contributed by atoms with E-state index in [9.17, 15) is 9.90 Å². The summed E-state index contributed by atoms with van der Waals surface area (Å²) in [6.07, 6.45) is 4.30. The smallest absolute Gasteiger partial charge is 0.306 e. The van der Waals surface area contributed by atoms with Crippen molar-refractivity contribution in [3.05, 3.63) is 0 Å². The summed E-state index contributed by atoms with van der Waals surface area (Å²) in [7, 11) is 0. The van der Waals surface area contributed by atoms with Gasteiger partial charge in [0, 0.05) is 19.6 Å². The zero-order valence-electron chi connectivity index (χ0n) is 12.0. The van der Waals surface area contributed by atoms with Gasteiger partial charge in [-0.05, 0) is 30.1 Å². The van der Waals surface area contributed by atoms with Crippen molar-refractivity contribution in [2.75, 3.05) is 19.6 Å². The Balaban J connectivity index is 1.81. The topological polar surface area (TPSA) is 40.5 Å². The molecule has 0 radical (unpaired) electrons. The van der Waals surface area contributed by atoms with E-state index in [4.69, 9.17) is 0 Å². The molecule has 1 heterocycles. The number of nitrogens with zero attached hydrogens (tertiary/aromatic N) is 1. The molecule has 0 aromatic rings. The van der Waals surface area contributed by atoms with E-state index in [1.54, 1.807) is 0 Å². The molecule has 1 aliphatic carbocycles. The van der Waals surface area contributed by atoms with E-state index < -0.39 is 5.97 Å². The van der Waals surface area contributed by atoms with E-state index in [-0.39, 0.29) is 5.92 Å². The summed E-state index contributed by atoms with van der Waals surface area (Å²) in [6.45, 7) is 10.2. The predicted molar refractivity (Wildman–Crippen MR) is 72.5 cm³/mol. The number of carboxylic acid groups (broad SMARTS) is 1. The van der Waals surface area contributed by atoms with Gasteiger partial charge in [0.15, 0.2) is 0 Å². The molecule has 1 N–H and O–H groups in total. The van der Waals surface area contributed by atoms with Crippen LogP contribution >= 0.6 is 0 Å². The molecule has 0 amide bonds. The van der Waals surface area contributed by atoms with Gasteiger partial charge in [0.2, 0.25) is 0 Å². The molecule has 0 aromatic carbocycles. The molecule has 2 aliphatic rings. The van der Waals surface area contributed by atoms with Gasteiger partial charge in [-0.1, -0.05) is 33.6 Å². The molecule has 3 heteroatoms. The highest BCUT2D eigenvalue weighted by Gasteiger charge is 2.39. The third-order valence-electron chi connectivity index (χ3n) is 4.90. The lowest BCUT2D eigenvalue weighted by Gasteiger charge is -2.48. The summed E-state index contributed by atoms with van der Waals surface area (Å²) in [5, 5.41) is 9.28. The molecule has 0 spiro atoms. The van der Waals surface area contributed by atoms with Crippen LogP contribution in [0.2, 0.25) is 0 Å². The van der Waals surface area contributed by atoms with E-state index in [0.717, 1.165) is 44.8 Å². The molecule has 18 heavy (non-hydrogen) atoms. The lowest BCUT2D eigenvalue weighted by molar-refractivity contribution is -0.145. The molecule has 1 saturated carbocycles. The fourth-order valence-electron chi connectivity index (χ4n) is 3.35.